The lowest BCUT2D eigenvalue weighted by Gasteiger charge is -2.15. The van der Waals surface area contributed by atoms with Gasteiger partial charge in [-0.2, -0.15) is 0 Å². The first-order valence-electron chi connectivity index (χ1n) is 7.23. The number of aliphatic hydroxyl groups excluding tert-OH is 2. The summed E-state index contributed by atoms with van der Waals surface area (Å²) in [6, 6.07) is 14.2. The summed E-state index contributed by atoms with van der Waals surface area (Å²) in [5, 5.41) is 21.0. The lowest BCUT2D eigenvalue weighted by molar-refractivity contribution is 0.155. The molecule has 6 nitrogen and oxygen atoms in total. The number of amides is 1. The first-order valence-corrected chi connectivity index (χ1v) is 7.23. The molecule has 0 fully saturated rings. The topological polar surface area (TPSA) is 105 Å². The van der Waals surface area contributed by atoms with Crippen molar-refractivity contribution in [2.75, 3.05) is 24.3 Å². The lowest BCUT2D eigenvalue weighted by atomic mass is 9.99. The van der Waals surface area contributed by atoms with Crippen molar-refractivity contribution in [3.8, 4) is 0 Å². The Morgan fingerprint density at radius 1 is 1.13 bits per heavy atom. The second-order valence-electron chi connectivity index (χ2n) is 5.09. The average Bonchev–Trinajstić information content (AvgIpc) is 2.57. The number of nitrogens with one attached hydrogen (secondary N) is 1. The van der Waals surface area contributed by atoms with Gasteiger partial charge in [-0.1, -0.05) is 36.4 Å². The van der Waals surface area contributed by atoms with E-state index in [0.717, 1.165) is 5.56 Å². The largest absolute Gasteiger partial charge is 0.444 e. The number of carbonyl (C=O) groups is 1. The second kappa shape index (κ2) is 8.17. The van der Waals surface area contributed by atoms with E-state index in [4.69, 9.17) is 10.5 Å². The highest BCUT2D eigenvalue weighted by Crippen LogP contribution is 2.25. The van der Waals surface area contributed by atoms with Gasteiger partial charge in [0.25, 0.3) is 0 Å². The minimum Gasteiger partial charge on any atom is -0.444 e. The van der Waals surface area contributed by atoms with Crippen LogP contribution >= 0.6 is 0 Å². The van der Waals surface area contributed by atoms with E-state index >= 15 is 0 Å². The molecule has 0 aliphatic carbocycles. The molecule has 2 rings (SSSR count). The van der Waals surface area contributed by atoms with E-state index in [0.29, 0.717) is 16.9 Å². The molecule has 0 aliphatic heterocycles. The van der Waals surface area contributed by atoms with Gasteiger partial charge in [-0.3, -0.25) is 5.32 Å². The van der Waals surface area contributed by atoms with Gasteiger partial charge in [0.1, 0.15) is 6.61 Å². The molecule has 2 aromatic carbocycles. The van der Waals surface area contributed by atoms with Crippen molar-refractivity contribution in [3.63, 3.8) is 0 Å². The zero-order valence-electron chi connectivity index (χ0n) is 12.6. The quantitative estimate of drug-likeness (QED) is 0.611. The summed E-state index contributed by atoms with van der Waals surface area (Å²) in [5.41, 5.74) is 8.30. The first kappa shape index (κ1) is 16.8. The normalized spacial score (nSPS) is 10.6. The monoisotopic (exact) mass is 316 g/mol. The summed E-state index contributed by atoms with van der Waals surface area (Å²) in [4.78, 5) is 11.8. The second-order valence-corrected chi connectivity index (χ2v) is 5.09. The molecule has 122 valence electrons. The predicted molar refractivity (Wildman–Crippen MR) is 88.0 cm³/mol. The van der Waals surface area contributed by atoms with Crippen molar-refractivity contribution < 1.29 is 19.7 Å². The fourth-order valence-electron chi connectivity index (χ4n) is 2.16. The highest BCUT2D eigenvalue weighted by Gasteiger charge is 2.13. The Morgan fingerprint density at radius 3 is 2.43 bits per heavy atom. The number of nitrogens with two attached hydrogens (primary N) is 1. The molecular formula is C17H20N2O4. The summed E-state index contributed by atoms with van der Waals surface area (Å²) in [6.07, 6.45) is -0.582. The molecule has 1 amide bonds. The zero-order valence-corrected chi connectivity index (χ0v) is 12.6. The number of anilines is 2. The first-order chi connectivity index (χ1) is 11.1. The van der Waals surface area contributed by atoms with Crippen molar-refractivity contribution >= 4 is 17.5 Å². The van der Waals surface area contributed by atoms with Gasteiger partial charge < -0.3 is 20.7 Å². The van der Waals surface area contributed by atoms with Gasteiger partial charge in [-0.25, -0.2) is 4.79 Å². The third-order valence-electron chi connectivity index (χ3n) is 3.43. The van der Waals surface area contributed by atoms with E-state index in [9.17, 15) is 15.0 Å². The number of aliphatic hydroxyl groups is 2. The molecule has 5 N–H and O–H groups in total. The van der Waals surface area contributed by atoms with Crippen LogP contribution in [0.25, 0.3) is 0 Å². The molecule has 0 aliphatic rings. The van der Waals surface area contributed by atoms with E-state index in [1.165, 1.54) is 0 Å². The van der Waals surface area contributed by atoms with Crippen LogP contribution in [-0.2, 0) is 11.3 Å². The van der Waals surface area contributed by atoms with Gasteiger partial charge in [0.2, 0.25) is 0 Å². The number of hydrogen-bond donors (Lipinski definition) is 4. The number of nitrogen functional groups attached to an aromatic ring is 1. The molecule has 6 heteroatoms. The fraction of sp³-hybridized carbons (Fsp3) is 0.235. The van der Waals surface area contributed by atoms with Crippen LogP contribution in [0.3, 0.4) is 0 Å². The van der Waals surface area contributed by atoms with Gasteiger partial charge in [0, 0.05) is 17.3 Å². The Kier molecular flexibility index (Phi) is 5.96. The highest BCUT2D eigenvalue weighted by atomic mass is 16.5. The molecule has 0 aromatic heterocycles. The summed E-state index contributed by atoms with van der Waals surface area (Å²) < 4.78 is 5.12. The maximum absolute atomic E-state index is 11.8. The van der Waals surface area contributed by atoms with Gasteiger partial charge >= 0.3 is 6.09 Å². The fourth-order valence-corrected chi connectivity index (χ4v) is 2.16. The number of benzene rings is 2. The van der Waals surface area contributed by atoms with Crippen molar-refractivity contribution in [1.82, 2.24) is 0 Å². The van der Waals surface area contributed by atoms with Crippen LogP contribution in [0.5, 0.6) is 0 Å². The molecule has 0 bridgehead atoms. The van der Waals surface area contributed by atoms with Gasteiger partial charge in [-0.05, 0) is 23.3 Å². The summed E-state index contributed by atoms with van der Waals surface area (Å²) >= 11 is 0. The van der Waals surface area contributed by atoms with E-state index in [1.54, 1.807) is 18.2 Å². The molecule has 0 heterocycles. The van der Waals surface area contributed by atoms with Crippen LogP contribution in [0.2, 0.25) is 0 Å². The molecule has 2 aromatic rings. The Hall–Kier alpha value is -2.57. The summed E-state index contributed by atoms with van der Waals surface area (Å²) in [6.45, 7) is -0.226. The Morgan fingerprint density at radius 2 is 1.83 bits per heavy atom. The third-order valence-corrected chi connectivity index (χ3v) is 3.43. The summed E-state index contributed by atoms with van der Waals surface area (Å²) in [5.74, 6) is -0.436. The Bertz CT molecular complexity index is 642. The van der Waals surface area contributed by atoms with Crippen LogP contribution in [0.4, 0.5) is 16.2 Å². The number of hydrogen-bond acceptors (Lipinski definition) is 5. The molecule has 0 saturated heterocycles. The van der Waals surface area contributed by atoms with Crippen LogP contribution in [0.15, 0.2) is 48.5 Å². The van der Waals surface area contributed by atoms with E-state index in [-0.39, 0.29) is 19.8 Å². The molecule has 0 radical (unpaired) electrons. The van der Waals surface area contributed by atoms with E-state index < -0.39 is 12.0 Å². The molecule has 23 heavy (non-hydrogen) atoms. The van der Waals surface area contributed by atoms with Gasteiger partial charge in [-0.15, -0.1) is 0 Å². The van der Waals surface area contributed by atoms with Crippen molar-refractivity contribution in [2.45, 2.75) is 12.5 Å². The van der Waals surface area contributed by atoms with Crippen LogP contribution < -0.4 is 11.1 Å². The SMILES string of the molecule is Nc1cc(NC(=O)OCc2ccccc2)ccc1C(CO)CO. The maximum Gasteiger partial charge on any atom is 0.411 e. The smallest absolute Gasteiger partial charge is 0.411 e. The van der Waals surface area contributed by atoms with Crippen molar-refractivity contribution in [1.29, 1.82) is 0 Å². The standard InChI is InChI=1S/C17H20N2O4/c18-16-8-14(6-7-15(16)13(9-20)10-21)19-17(22)23-11-12-4-2-1-3-5-12/h1-8,13,20-21H,9-11,18H2,(H,19,22). The third kappa shape index (κ3) is 4.70. The van der Waals surface area contributed by atoms with Gasteiger partial charge in [0.05, 0.1) is 13.2 Å². The highest BCUT2D eigenvalue weighted by molar-refractivity contribution is 5.85. The minimum atomic E-state index is -0.582. The van der Waals surface area contributed by atoms with Crippen LogP contribution in [-0.4, -0.2) is 29.5 Å². The van der Waals surface area contributed by atoms with Crippen LogP contribution in [0.1, 0.15) is 17.0 Å². The zero-order chi connectivity index (χ0) is 16.7. The number of ether oxygens (including phenoxy) is 1. The minimum absolute atomic E-state index is 0.178. The number of rotatable bonds is 6. The maximum atomic E-state index is 11.8. The average molecular weight is 316 g/mol. The number of carbonyl (C=O) groups excluding carboxylic acids is 1. The predicted octanol–water partition coefficient (Wildman–Crippen LogP) is 2.09. The Balaban J connectivity index is 1.94. The molecular weight excluding hydrogens is 296 g/mol. The van der Waals surface area contributed by atoms with E-state index in [1.807, 2.05) is 30.3 Å². The van der Waals surface area contributed by atoms with Crippen molar-refractivity contribution in [3.05, 3.63) is 59.7 Å². The molecule has 0 atom stereocenters. The van der Waals surface area contributed by atoms with Crippen LogP contribution in [0, 0.1) is 0 Å². The van der Waals surface area contributed by atoms with Crippen molar-refractivity contribution in [2.24, 2.45) is 0 Å². The Labute approximate surface area is 134 Å². The van der Waals surface area contributed by atoms with Gasteiger partial charge in [0.15, 0.2) is 0 Å². The lowest BCUT2D eigenvalue weighted by Crippen LogP contribution is -2.15. The van der Waals surface area contributed by atoms with E-state index in [2.05, 4.69) is 5.32 Å². The molecule has 0 unspecified atom stereocenters. The molecule has 0 saturated carbocycles. The molecule has 0 spiro atoms. The summed E-state index contributed by atoms with van der Waals surface area (Å²) in [7, 11) is 0.